The van der Waals surface area contributed by atoms with Gasteiger partial charge in [-0.05, 0) is 52.8 Å². The Morgan fingerprint density at radius 3 is 2.27 bits per heavy atom. The molecule has 7 rings (SSSR count). The van der Waals surface area contributed by atoms with Crippen molar-refractivity contribution in [1.29, 1.82) is 0 Å². The molecule has 59 heavy (non-hydrogen) atoms. The molecule has 2 unspecified atom stereocenters. The van der Waals surface area contributed by atoms with Gasteiger partial charge in [0.2, 0.25) is 11.8 Å². The van der Waals surface area contributed by atoms with Gasteiger partial charge < -0.3 is 34.8 Å². The summed E-state index contributed by atoms with van der Waals surface area (Å²) in [5, 5.41) is 6.60. The summed E-state index contributed by atoms with van der Waals surface area (Å²) in [6.45, 7) is 4.85. The molecular weight excluding hydrogens is 749 g/mol. The number of urea groups is 1. The van der Waals surface area contributed by atoms with E-state index in [-0.39, 0.29) is 68.6 Å². The van der Waals surface area contributed by atoms with Gasteiger partial charge in [-0.3, -0.25) is 14.6 Å². The van der Waals surface area contributed by atoms with Gasteiger partial charge in [0.25, 0.3) is 0 Å². The zero-order valence-corrected chi connectivity index (χ0v) is 33.2. The zero-order valence-electron chi connectivity index (χ0n) is 33.2. The van der Waals surface area contributed by atoms with E-state index in [0.717, 1.165) is 27.6 Å². The Morgan fingerprint density at radius 2 is 1.54 bits per heavy atom. The molecule has 0 aliphatic carbocycles. The van der Waals surface area contributed by atoms with Gasteiger partial charge >= 0.3 is 18.1 Å². The summed E-state index contributed by atoms with van der Waals surface area (Å²) in [4.78, 5) is 77.6. The van der Waals surface area contributed by atoms with Crippen LogP contribution in [0.2, 0.25) is 0 Å². The number of amides is 5. The summed E-state index contributed by atoms with van der Waals surface area (Å²) in [6, 6.07) is 33.1. The molecule has 0 bridgehead atoms. The first-order chi connectivity index (χ1) is 28.6. The molecule has 3 atom stereocenters. The molecule has 0 saturated carbocycles. The van der Waals surface area contributed by atoms with Gasteiger partial charge in [-0.1, -0.05) is 111 Å². The van der Waals surface area contributed by atoms with E-state index in [4.69, 9.17) is 9.47 Å². The lowest BCUT2D eigenvalue weighted by Gasteiger charge is -2.52. The zero-order chi connectivity index (χ0) is 41.3. The van der Waals surface area contributed by atoms with Crippen LogP contribution in [-0.4, -0.2) is 80.9 Å². The maximum Gasteiger partial charge on any atom is 0.413 e. The molecule has 13 nitrogen and oxygen atoms in total. The number of pyridine rings is 1. The Balaban J connectivity index is 1.07. The van der Waals surface area contributed by atoms with Crippen LogP contribution in [0, 0.1) is 5.92 Å². The monoisotopic (exact) mass is 796 g/mol. The number of aromatic nitrogens is 1. The van der Waals surface area contributed by atoms with Gasteiger partial charge in [-0.2, -0.15) is 0 Å². The Bertz CT molecular complexity index is 2270. The van der Waals surface area contributed by atoms with Gasteiger partial charge in [0.05, 0.1) is 12.1 Å². The lowest BCUT2D eigenvalue weighted by atomic mass is 9.97. The van der Waals surface area contributed by atoms with Gasteiger partial charge in [-0.25, -0.2) is 14.4 Å². The maximum atomic E-state index is 14.5. The fourth-order valence-electron chi connectivity index (χ4n) is 7.65. The number of benzene rings is 4. The van der Waals surface area contributed by atoms with Crippen LogP contribution < -0.4 is 15.4 Å². The number of ether oxygens (including phenoxy) is 2. The van der Waals surface area contributed by atoms with E-state index < -0.39 is 30.3 Å². The number of piperazine rings is 1. The fraction of sp³-hybridized carbons (Fsp3) is 0.304. The lowest BCUT2D eigenvalue weighted by Crippen LogP contribution is -2.72. The summed E-state index contributed by atoms with van der Waals surface area (Å²) in [7, 11) is 0. The third-order valence-corrected chi connectivity index (χ3v) is 10.5. The third kappa shape index (κ3) is 10.0. The first-order valence-corrected chi connectivity index (χ1v) is 19.9. The van der Waals surface area contributed by atoms with Gasteiger partial charge in [0.15, 0.2) is 0 Å². The highest BCUT2D eigenvalue weighted by atomic mass is 16.6. The number of hydrogen-bond acceptors (Lipinski definition) is 8. The second-order valence-corrected chi connectivity index (χ2v) is 15.3. The second-order valence-electron chi connectivity index (χ2n) is 15.3. The smallest absolute Gasteiger partial charge is 0.413 e. The van der Waals surface area contributed by atoms with Gasteiger partial charge in [0.1, 0.15) is 30.6 Å². The SMILES string of the molecule is CC(C)CC(NC(=O)Oc1ccc(C[C@H]2C(=O)N(Cc3cccc4cccnc34)CC3N(C(=O)NCc4ccccc4)CCC(=O)N32)cc1)C(=O)OCc1ccccc1. The van der Waals surface area contributed by atoms with Crippen molar-refractivity contribution in [2.75, 3.05) is 13.1 Å². The molecule has 2 fully saturated rings. The predicted molar refractivity (Wildman–Crippen MR) is 220 cm³/mol. The summed E-state index contributed by atoms with van der Waals surface area (Å²) in [5.74, 6) is -0.699. The molecule has 5 aromatic rings. The molecule has 1 aromatic heterocycles. The van der Waals surface area contributed by atoms with E-state index in [9.17, 15) is 24.0 Å². The average Bonchev–Trinajstić information content (AvgIpc) is 3.24. The summed E-state index contributed by atoms with van der Waals surface area (Å²) >= 11 is 0. The molecule has 13 heteroatoms. The first-order valence-electron chi connectivity index (χ1n) is 19.9. The number of para-hydroxylation sites is 1. The topological polar surface area (TPSA) is 150 Å². The largest absolute Gasteiger partial charge is 0.459 e. The minimum absolute atomic E-state index is 0.0752. The van der Waals surface area contributed by atoms with E-state index in [0.29, 0.717) is 18.5 Å². The number of esters is 1. The van der Waals surface area contributed by atoms with Gasteiger partial charge in [-0.15, -0.1) is 0 Å². The molecule has 0 radical (unpaired) electrons. The van der Waals surface area contributed by atoms with E-state index in [1.165, 1.54) is 0 Å². The number of nitrogens with zero attached hydrogens (tertiary/aromatic N) is 4. The van der Waals surface area contributed by atoms with Crippen molar-refractivity contribution in [3.05, 3.63) is 144 Å². The summed E-state index contributed by atoms with van der Waals surface area (Å²) in [6.07, 6.45) is 0.783. The third-order valence-electron chi connectivity index (χ3n) is 10.5. The van der Waals surface area contributed by atoms with Crippen LogP contribution in [0.1, 0.15) is 48.9 Å². The number of carbonyl (C=O) groups excluding carboxylic acids is 5. The number of rotatable bonds is 13. The second kappa shape index (κ2) is 18.7. The molecule has 2 aliphatic heterocycles. The molecule has 2 aliphatic rings. The first kappa shape index (κ1) is 40.4. The molecule has 4 aromatic carbocycles. The molecule has 2 N–H and O–H groups in total. The highest BCUT2D eigenvalue weighted by Gasteiger charge is 2.48. The normalized spacial score (nSPS) is 17.0. The number of carbonyl (C=O) groups is 5. The molecular formula is C46H48N6O7. The van der Waals surface area contributed by atoms with Crippen molar-refractivity contribution in [3.8, 4) is 5.75 Å². The maximum absolute atomic E-state index is 14.5. The van der Waals surface area contributed by atoms with Crippen molar-refractivity contribution in [3.63, 3.8) is 0 Å². The van der Waals surface area contributed by atoms with Crippen LogP contribution >= 0.6 is 0 Å². The van der Waals surface area contributed by atoms with Crippen LogP contribution in [0.15, 0.2) is 121 Å². The standard InChI is InChI=1S/C46H48N6O7/c1-31(2)25-38(44(55)58-30-34-13-7-4-8-14-34)49-46(57)59-37-20-18-32(19-21-37)26-39-43(54)50(28-36-16-9-15-35-17-10-23-47-42(35)36)29-40-51(24-22-41(53)52(39)40)45(56)48-27-33-11-5-3-6-12-33/h3-21,23,31,38-40H,22,24-30H2,1-2H3,(H,48,56)(H,49,57)/t38?,39-,40?/m0/s1. The van der Waals surface area contributed by atoms with Crippen molar-refractivity contribution >= 4 is 40.8 Å². The van der Waals surface area contributed by atoms with Crippen molar-refractivity contribution in [2.24, 2.45) is 5.92 Å². The van der Waals surface area contributed by atoms with Gasteiger partial charge in [0, 0.05) is 44.1 Å². The molecule has 5 amide bonds. The lowest BCUT2D eigenvalue weighted by molar-refractivity contribution is -0.167. The fourth-order valence-corrected chi connectivity index (χ4v) is 7.65. The predicted octanol–water partition coefficient (Wildman–Crippen LogP) is 6.21. The Labute approximate surface area is 343 Å². The van der Waals surface area contributed by atoms with E-state index in [2.05, 4.69) is 15.6 Å². The summed E-state index contributed by atoms with van der Waals surface area (Å²) < 4.78 is 11.1. The van der Waals surface area contributed by atoms with E-state index >= 15 is 0 Å². The van der Waals surface area contributed by atoms with Crippen molar-refractivity contribution in [1.82, 2.24) is 30.3 Å². The quantitative estimate of drug-likeness (QED) is 0.134. The Hall–Kier alpha value is -6.76. The van der Waals surface area contributed by atoms with E-state index in [1.807, 2.05) is 105 Å². The van der Waals surface area contributed by atoms with Crippen molar-refractivity contribution < 1.29 is 33.4 Å². The number of fused-ring (bicyclic) bond motifs is 2. The number of nitrogens with one attached hydrogen (secondary N) is 2. The van der Waals surface area contributed by atoms with Crippen molar-refractivity contribution in [2.45, 2.75) is 71.1 Å². The molecule has 0 spiro atoms. The van der Waals surface area contributed by atoms with Crippen LogP contribution in [0.3, 0.4) is 0 Å². The van der Waals surface area contributed by atoms with Crippen LogP contribution in [0.25, 0.3) is 10.9 Å². The summed E-state index contributed by atoms with van der Waals surface area (Å²) in [5.41, 5.74) is 4.11. The Morgan fingerprint density at radius 1 is 0.831 bits per heavy atom. The highest BCUT2D eigenvalue weighted by Crippen LogP contribution is 2.30. The number of hydrogen-bond donors (Lipinski definition) is 2. The van der Waals surface area contributed by atoms with E-state index in [1.54, 1.807) is 45.2 Å². The van der Waals surface area contributed by atoms with Crippen LogP contribution in [-0.2, 0) is 45.2 Å². The highest BCUT2D eigenvalue weighted by molar-refractivity contribution is 5.92. The minimum Gasteiger partial charge on any atom is -0.459 e. The molecule has 304 valence electrons. The van der Waals surface area contributed by atoms with Crippen LogP contribution in [0.4, 0.5) is 9.59 Å². The average molecular weight is 797 g/mol. The Kier molecular flexibility index (Phi) is 12.8. The molecule has 2 saturated heterocycles. The minimum atomic E-state index is -0.914. The van der Waals surface area contributed by atoms with Crippen LogP contribution in [0.5, 0.6) is 5.75 Å². The molecule has 3 heterocycles.